The molecule has 12 heteroatoms. The summed E-state index contributed by atoms with van der Waals surface area (Å²) in [6, 6.07) is 18.7. The van der Waals surface area contributed by atoms with E-state index in [0.29, 0.717) is 16.3 Å². The number of carbonyl (C=O) groups excluding carboxylic acids is 4. The predicted octanol–water partition coefficient (Wildman–Crippen LogP) is 5.72. The van der Waals surface area contributed by atoms with Gasteiger partial charge >= 0.3 is 23.9 Å². The molecule has 0 N–H and O–H groups in total. The van der Waals surface area contributed by atoms with E-state index >= 15 is 0 Å². The topological polar surface area (TPSA) is 134 Å². The van der Waals surface area contributed by atoms with Crippen molar-refractivity contribution in [2.24, 2.45) is 0 Å². The van der Waals surface area contributed by atoms with E-state index in [0.717, 1.165) is 34.5 Å². The Bertz CT molecular complexity index is 1680. The number of rotatable bonds is 10. The molecule has 1 atom stereocenters. The first-order chi connectivity index (χ1) is 21.2. The summed E-state index contributed by atoms with van der Waals surface area (Å²) in [7, 11) is 4.59. The molecule has 2 aromatic heterocycles. The lowest BCUT2D eigenvalue weighted by Gasteiger charge is -2.34. The largest absolute Gasteiger partial charge is 0.466 e. The van der Waals surface area contributed by atoms with Gasteiger partial charge in [0.15, 0.2) is 5.76 Å². The smallest absolute Gasteiger partial charge is 0.374 e. The van der Waals surface area contributed by atoms with E-state index in [1.807, 2.05) is 0 Å². The van der Waals surface area contributed by atoms with Crippen LogP contribution in [0.5, 0.6) is 0 Å². The summed E-state index contributed by atoms with van der Waals surface area (Å²) in [5.41, 5.74) is 0.552. The Hall–Kier alpha value is -5.42. The van der Waals surface area contributed by atoms with Gasteiger partial charge in [0, 0.05) is 28.5 Å². The summed E-state index contributed by atoms with van der Waals surface area (Å²) in [6.45, 7) is 0. The molecule has 0 saturated heterocycles. The van der Waals surface area contributed by atoms with Gasteiger partial charge in [-0.2, -0.15) is 0 Å². The molecule has 2 heterocycles. The Morgan fingerprint density at radius 1 is 0.818 bits per heavy atom. The van der Waals surface area contributed by atoms with E-state index in [1.54, 1.807) is 72.8 Å². The third-order valence-electron chi connectivity index (χ3n) is 6.44. The number of hydrogen-bond donors (Lipinski definition) is 0. The predicted molar refractivity (Wildman–Crippen MR) is 160 cm³/mol. The van der Waals surface area contributed by atoms with Crippen LogP contribution in [0.25, 0.3) is 11.3 Å². The number of ether oxygens (including phenoxy) is 4. The number of methoxy groups -OCH3 is 4. The molecule has 4 rings (SSSR count). The second-order valence-corrected chi connectivity index (χ2v) is 9.39. The lowest BCUT2D eigenvalue weighted by molar-refractivity contribution is -0.138. The summed E-state index contributed by atoms with van der Waals surface area (Å²) in [5.74, 6) is -4.09. The molecule has 2 aromatic carbocycles. The van der Waals surface area contributed by atoms with Gasteiger partial charge in [-0.15, -0.1) is 0 Å². The summed E-state index contributed by atoms with van der Waals surface area (Å²) in [5, 5.41) is 0.420. The van der Waals surface area contributed by atoms with Gasteiger partial charge in [-0.1, -0.05) is 35.9 Å². The highest BCUT2D eigenvalue weighted by atomic mass is 35.5. The average molecular weight is 619 g/mol. The maximum atomic E-state index is 13.5. The zero-order valence-electron chi connectivity index (χ0n) is 24.1. The Kier molecular flexibility index (Phi) is 10.1. The molecule has 0 saturated carbocycles. The standard InChI is InChI=1S/C32H27ClN2O9/c1-40-24(36)18-22(30(37)41-2)26(23-12-8-9-17-34-23)35(21-10-6-5-7-11-21)27-25(31(38)42-3)29(32(39)43-4)44-28(27)19-13-15-20(33)16-14-19/h5-18,26H,1-4H3/b22-18-. The molecule has 11 nitrogen and oxygen atoms in total. The van der Waals surface area contributed by atoms with Crippen molar-refractivity contribution in [3.05, 3.63) is 113 Å². The van der Waals surface area contributed by atoms with Crippen LogP contribution in [0, 0.1) is 0 Å². The van der Waals surface area contributed by atoms with Crippen molar-refractivity contribution < 1.29 is 42.5 Å². The molecular weight excluding hydrogens is 592 g/mol. The van der Waals surface area contributed by atoms with Crippen LogP contribution < -0.4 is 4.90 Å². The van der Waals surface area contributed by atoms with Crippen molar-refractivity contribution in [2.45, 2.75) is 6.04 Å². The zero-order valence-corrected chi connectivity index (χ0v) is 24.9. The van der Waals surface area contributed by atoms with Gasteiger partial charge in [-0.3, -0.25) is 4.98 Å². The van der Waals surface area contributed by atoms with Crippen LogP contribution in [0.15, 0.2) is 95.1 Å². The fourth-order valence-corrected chi connectivity index (χ4v) is 4.62. The van der Waals surface area contributed by atoms with Crippen molar-refractivity contribution in [1.82, 2.24) is 4.98 Å². The van der Waals surface area contributed by atoms with Gasteiger partial charge in [0.2, 0.25) is 5.76 Å². The highest BCUT2D eigenvalue weighted by Gasteiger charge is 2.41. The Balaban J connectivity index is 2.24. The number of benzene rings is 2. The van der Waals surface area contributed by atoms with Gasteiger partial charge < -0.3 is 28.3 Å². The fraction of sp³-hybridized carbons (Fsp3) is 0.156. The minimum atomic E-state index is -1.26. The van der Waals surface area contributed by atoms with Gasteiger partial charge in [0.25, 0.3) is 0 Å². The first-order valence-electron chi connectivity index (χ1n) is 13.0. The van der Waals surface area contributed by atoms with E-state index in [9.17, 15) is 19.2 Å². The Morgan fingerprint density at radius 2 is 1.48 bits per heavy atom. The first kappa shape index (κ1) is 31.5. The average Bonchev–Trinajstić information content (AvgIpc) is 3.46. The number of pyridine rings is 1. The van der Waals surface area contributed by atoms with Gasteiger partial charge in [0.1, 0.15) is 17.3 Å². The molecule has 0 spiro atoms. The molecule has 0 aliphatic heterocycles. The van der Waals surface area contributed by atoms with E-state index < -0.39 is 35.7 Å². The number of hydrogen-bond acceptors (Lipinski definition) is 11. The van der Waals surface area contributed by atoms with E-state index in [1.165, 1.54) is 11.1 Å². The zero-order chi connectivity index (χ0) is 31.8. The third-order valence-corrected chi connectivity index (χ3v) is 6.69. The number of para-hydroxylation sites is 1. The molecule has 0 aliphatic carbocycles. The number of furan rings is 1. The quantitative estimate of drug-likeness (QED) is 0.123. The van der Waals surface area contributed by atoms with Crippen LogP contribution in [-0.4, -0.2) is 57.3 Å². The second kappa shape index (κ2) is 14.2. The molecule has 0 bridgehead atoms. The number of carbonyl (C=O) groups is 4. The van der Waals surface area contributed by atoms with E-state index in [2.05, 4.69) is 4.98 Å². The minimum absolute atomic E-state index is 0.00101. The molecule has 226 valence electrons. The van der Waals surface area contributed by atoms with Crippen LogP contribution >= 0.6 is 11.6 Å². The summed E-state index contributed by atoms with van der Waals surface area (Å²) in [6.07, 6.45) is 2.47. The molecule has 0 aliphatic rings. The molecule has 0 fully saturated rings. The highest BCUT2D eigenvalue weighted by molar-refractivity contribution is 6.30. The van der Waals surface area contributed by atoms with Gasteiger partial charge in [-0.05, 0) is 48.5 Å². The van der Waals surface area contributed by atoms with Crippen molar-refractivity contribution in [2.75, 3.05) is 33.3 Å². The van der Waals surface area contributed by atoms with Gasteiger partial charge in [-0.25, -0.2) is 19.2 Å². The number of esters is 4. The highest BCUT2D eigenvalue weighted by Crippen LogP contribution is 2.48. The Labute approximate surface area is 257 Å². The maximum absolute atomic E-state index is 13.5. The maximum Gasteiger partial charge on any atom is 0.374 e. The fourth-order valence-electron chi connectivity index (χ4n) is 4.49. The van der Waals surface area contributed by atoms with Crippen molar-refractivity contribution >= 4 is 46.9 Å². The van der Waals surface area contributed by atoms with Crippen LogP contribution in [0.3, 0.4) is 0 Å². The van der Waals surface area contributed by atoms with E-state index in [-0.39, 0.29) is 28.3 Å². The molecule has 1 unspecified atom stereocenters. The molecular formula is C32H27ClN2O9. The van der Waals surface area contributed by atoms with Crippen LogP contribution in [0.4, 0.5) is 11.4 Å². The molecule has 0 amide bonds. The lowest BCUT2D eigenvalue weighted by atomic mass is 9.96. The summed E-state index contributed by atoms with van der Waals surface area (Å²) >= 11 is 6.16. The summed E-state index contributed by atoms with van der Waals surface area (Å²) < 4.78 is 26.1. The van der Waals surface area contributed by atoms with Crippen LogP contribution in [0.1, 0.15) is 32.6 Å². The van der Waals surface area contributed by atoms with Gasteiger partial charge in [0.05, 0.1) is 39.7 Å². The first-order valence-corrected chi connectivity index (χ1v) is 13.4. The molecule has 44 heavy (non-hydrogen) atoms. The normalized spacial score (nSPS) is 11.7. The van der Waals surface area contributed by atoms with Crippen LogP contribution in [0.2, 0.25) is 5.02 Å². The monoisotopic (exact) mass is 618 g/mol. The number of anilines is 2. The van der Waals surface area contributed by atoms with Crippen LogP contribution in [-0.2, 0) is 28.5 Å². The molecule has 0 radical (unpaired) electrons. The molecule has 4 aromatic rings. The SMILES string of the molecule is COC(=O)/C=C(\C(=O)OC)C(c1ccccn1)N(c1ccccc1)c1c(-c2ccc(Cl)cc2)oc(C(=O)OC)c1C(=O)OC. The summed E-state index contributed by atoms with van der Waals surface area (Å²) in [4.78, 5) is 58.6. The van der Waals surface area contributed by atoms with Crippen molar-refractivity contribution in [3.8, 4) is 11.3 Å². The van der Waals surface area contributed by atoms with Crippen molar-refractivity contribution in [3.63, 3.8) is 0 Å². The van der Waals surface area contributed by atoms with Crippen molar-refractivity contribution in [1.29, 1.82) is 0 Å². The Morgan fingerprint density at radius 3 is 2.05 bits per heavy atom. The number of nitrogens with zero attached hydrogens (tertiary/aromatic N) is 2. The number of aromatic nitrogens is 1. The minimum Gasteiger partial charge on any atom is -0.466 e. The third kappa shape index (κ3) is 6.47. The van der Waals surface area contributed by atoms with E-state index in [4.69, 9.17) is 35.0 Å². The lowest BCUT2D eigenvalue weighted by Crippen LogP contribution is -2.31. The number of halogens is 1. The second-order valence-electron chi connectivity index (χ2n) is 8.95.